The SMILES string of the molecule is COc1ccccc1-c1c(C#N)c2cc(NC(=O)C3CC3)ncc2n1C. The summed E-state index contributed by atoms with van der Waals surface area (Å²) in [7, 11) is 3.51. The average molecular weight is 346 g/mol. The molecule has 0 aliphatic heterocycles. The molecule has 26 heavy (non-hydrogen) atoms. The first-order valence-corrected chi connectivity index (χ1v) is 8.46. The van der Waals surface area contributed by atoms with Gasteiger partial charge in [-0.1, -0.05) is 12.1 Å². The van der Waals surface area contributed by atoms with Crippen molar-refractivity contribution in [2.75, 3.05) is 12.4 Å². The van der Waals surface area contributed by atoms with E-state index in [1.54, 1.807) is 19.4 Å². The lowest BCUT2D eigenvalue weighted by molar-refractivity contribution is -0.117. The van der Waals surface area contributed by atoms with E-state index in [1.165, 1.54) is 0 Å². The number of methoxy groups -OCH3 is 1. The van der Waals surface area contributed by atoms with Gasteiger partial charge in [-0.3, -0.25) is 4.79 Å². The van der Waals surface area contributed by atoms with E-state index in [4.69, 9.17) is 4.74 Å². The number of ether oxygens (including phenoxy) is 1. The van der Waals surface area contributed by atoms with Crippen LogP contribution in [0.4, 0.5) is 5.82 Å². The first-order valence-electron chi connectivity index (χ1n) is 8.46. The zero-order valence-corrected chi connectivity index (χ0v) is 14.6. The number of nitriles is 1. The molecule has 0 atom stereocenters. The minimum Gasteiger partial charge on any atom is -0.496 e. The van der Waals surface area contributed by atoms with Crippen LogP contribution in [-0.4, -0.2) is 22.6 Å². The molecule has 4 rings (SSSR count). The van der Waals surface area contributed by atoms with Crippen LogP contribution in [0.25, 0.3) is 22.2 Å². The second kappa shape index (κ2) is 6.19. The molecular weight excluding hydrogens is 328 g/mol. The number of amides is 1. The fraction of sp³-hybridized carbons (Fsp3) is 0.250. The number of pyridine rings is 1. The molecule has 1 fully saturated rings. The van der Waals surface area contributed by atoms with Gasteiger partial charge in [-0.25, -0.2) is 4.98 Å². The van der Waals surface area contributed by atoms with Crippen LogP contribution in [0.2, 0.25) is 0 Å². The Hall–Kier alpha value is -3.33. The van der Waals surface area contributed by atoms with Crippen molar-refractivity contribution < 1.29 is 9.53 Å². The van der Waals surface area contributed by atoms with Gasteiger partial charge >= 0.3 is 0 Å². The van der Waals surface area contributed by atoms with Gasteiger partial charge < -0.3 is 14.6 Å². The van der Waals surface area contributed by atoms with Crippen LogP contribution in [0.5, 0.6) is 5.75 Å². The van der Waals surface area contributed by atoms with Crippen molar-refractivity contribution >= 4 is 22.6 Å². The van der Waals surface area contributed by atoms with Crippen LogP contribution in [-0.2, 0) is 11.8 Å². The van der Waals surface area contributed by atoms with E-state index in [0.29, 0.717) is 17.1 Å². The zero-order chi connectivity index (χ0) is 18.3. The average Bonchev–Trinajstić information content (AvgIpc) is 3.47. The number of benzene rings is 1. The topological polar surface area (TPSA) is 79.9 Å². The number of nitrogens with one attached hydrogen (secondary N) is 1. The number of para-hydroxylation sites is 1. The summed E-state index contributed by atoms with van der Waals surface area (Å²) in [5.41, 5.74) is 2.98. The molecule has 1 aliphatic rings. The molecule has 3 aromatic rings. The van der Waals surface area contributed by atoms with Gasteiger partial charge in [0.2, 0.25) is 5.91 Å². The Balaban J connectivity index is 1.87. The van der Waals surface area contributed by atoms with Crippen LogP contribution in [0.15, 0.2) is 36.5 Å². The molecule has 0 spiro atoms. The molecular formula is C20H18N4O2. The minimum atomic E-state index is -0.00348. The van der Waals surface area contributed by atoms with Crippen LogP contribution in [0.3, 0.4) is 0 Å². The number of hydrogen-bond donors (Lipinski definition) is 1. The largest absolute Gasteiger partial charge is 0.496 e. The lowest BCUT2D eigenvalue weighted by Gasteiger charge is -2.10. The van der Waals surface area contributed by atoms with E-state index in [1.807, 2.05) is 35.9 Å². The van der Waals surface area contributed by atoms with E-state index in [9.17, 15) is 10.1 Å². The monoisotopic (exact) mass is 346 g/mol. The molecule has 0 saturated heterocycles. The summed E-state index contributed by atoms with van der Waals surface area (Å²) in [5, 5.41) is 13.4. The van der Waals surface area contributed by atoms with E-state index < -0.39 is 0 Å². The van der Waals surface area contributed by atoms with Crippen molar-refractivity contribution in [1.82, 2.24) is 9.55 Å². The fourth-order valence-corrected chi connectivity index (χ4v) is 3.24. The molecule has 0 radical (unpaired) electrons. The Kier molecular flexibility index (Phi) is 3.85. The van der Waals surface area contributed by atoms with Crippen LogP contribution in [0, 0.1) is 17.2 Å². The molecule has 6 heteroatoms. The minimum absolute atomic E-state index is 0.00348. The zero-order valence-electron chi connectivity index (χ0n) is 14.6. The summed E-state index contributed by atoms with van der Waals surface area (Å²) in [4.78, 5) is 16.4. The van der Waals surface area contributed by atoms with Gasteiger partial charge in [-0.15, -0.1) is 0 Å². The molecule has 1 saturated carbocycles. The maximum Gasteiger partial charge on any atom is 0.228 e. The summed E-state index contributed by atoms with van der Waals surface area (Å²) >= 11 is 0. The second-order valence-electron chi connectivity index (χ2n) is 6.44. The summed E-state index contributed by atoms with van der Waals surface area (Å²) in [6, 6.07) is 11.7. The Morgan fingerprint density at radius 1 is 1.38 bits per heavy atom. The molecule has 1 aliphatic carbocycles. The van der Waals surface area contributed by atoms with E-state index in [2.05, 4.69) is 16.4 Å². The highest BCUT2D eigenvalue weighted by atomic mass is 16.5. The Morgan fingerprint density at radius 3 is 2.85 bits per heavy atom. The summed E-state index contributed by atoms with van der Waals surface area (Å²) in [5.74, 6) is 1.27. The van der Waals surface area contributed by atoms with Crippen molar-refractivity contribution in [3.05, 3.63) is 42.1 Å². The smallest absolute Gasteiger partial charge is 0.228 e. The van der Waals surface area contributed by atoms with E-state index >= 15 is 0 Å². The molecule has 1 N–H and O–H groups in total. The number of fused-ring (bicyclic) bond motifs is 1. The molecule has 1 aromatic carbocycles. The van der Waals surface area contributed by atoms with Crippen LogP contribution >= 0.6 is 0 Å². The van der Waals surface area contributed by atoms with Crippen molar-refractivity contribution in [1.29, 1.82) is 5.26 Å². The summed E-state index contributed by atoms with van der Waals surface area (Å²) in [6.07, 6.45) is 3.55. The van der Waals surface area contributed by atoms with Gasteiger partial charge in [0.05, 0.1) is 30.1 Å². The number of rotatable bonds is 4. The maximum absolute atomic E-state index is 12.0. The number of nitrogens with zero attached hydrogens (tertiary/aromatic N) is 3. The van der Waals surface area contributed by atoms with Crippen LogP contribution < -0.4 is 10.1 Å². The van der Waals surface area contributed by atoms with Crippen molar-refractivity contribution in [2.45, 2.75) is 12.8 Å². The Bertz CT molecular complexity index is 1060. The quantitative estimate of drug-likeness (QED) is 0.784. The highest BCUT2D eigenvalue weighted by Gasteiger charge is 2.30. The maximum atomic E-state index is 12.0. The van der Waals surface area contributed by atoms with Crippen molar-refractivity contribution in [3.8, 4) is 23.1 Å². The molecule has 0 unspecified atom stereocenters. The lowest BCUT2D eigenvalue weighted by Crippen LogP contribution is -2.14. The fourth-order valence-electron chi connectivity index (χ4n) is 3.24. The third kappa shape index (κ3) is 2.58. The first-order chi connectivity index (χ1) is 12.6. The first kappa shape index (κ1) is 16.2. The van der Waals surface area contributed by atoms with Crippen molar-refractivity contribution in [2.24, 2.45) is 13.0 Å². The van der Waals surface area contributed by atoms with Gasteiger partial charge in [-0.2, -0.15) is 5.26 Å². The lowest BCUT2D eigenvalue weighted by atomic mass is 10.1. The third-order valence-corrected chi connectivity index (χ3v) is 4.76. The molecule has 0 bridgehead atoms. The van der Waals surface area contributed by atoms with Gasteiger partial charge in [0.25, 0.3) is 0 Å². The van der Waals surface area contributed by atoms with Gasteiger partial charge in [0, 0.05) is 23.9 Å². The number of hydrogen-bond acceptors (Lipinski definition) is 4. The van der Waals surface area contributed by atoms with Gasteiger partial charge in [0.1, 0.15) is 17.6 Å². The van der Waals surface area contributed by atoms with E-state index in [-0.39, 0.29) is 11.8 Å². The predicted molar refractivity (Wildman–Crippen MR) is 98.8 cm³/mol. The van der Waals surface area contributed by atoms with Crippen LogP contribution in [0.1, 0.15) is 18.4 Å². The van der Waals surface area contributed by atoms with E-state index in [0.717, 1.165) is 35.0 Å². The normalized spacial score (nSPS) is 13.4. The number of aromatic nitrogens is 2. The summed E-state index contributed by atoms with van der Waals surface area (Å²) < 4.78 is 7.40. The summed E-state index contributed by atoms with van der Waals surface area (Å²) in [6.45, 7) is 0. The second-order valence-corrected chi connectivity index (χ2v) is 6.44. The number of carbonyl (C=O) groups excluding carboxylic acids is 1. The molecule has 6 nitrogen and oxygen atoms in total. The predicted octanol–water partition coefficient (Wildman–Crippen LogP) is 3.47. The van der Waals surface area contributed by atoms with Gasteiger partial charge in [-0.05, 0) is 31.0 Å². The number of anilines is 1. The Labute approximate surface area is 151 Å². The number of aryl methyl sites for hydroxylation is 1. The molecule has 2 heterocycles. The number of carbonyl (C=O) groups is 1. The van der Waals surface area contributed by atoms with Gasteiger partial charge in [0.15, 0.2) is 0 Å². The highest BCUT2D eigenvalue weighted by Crippen LogP contribution is 2.38. The molecule has 2 aromatic heterocycles. The highest BCUT2D eigenvalue weighted by molar-refractivity contribution is 5.99. The van der Waals surface area contributed by atoms with Crippen molar-refractivity contribution in [3.63, 3.8) is 0 Å². The third-order valence-electron chi connectivity index (χ3n) is 4.76. The standard InChI is InChI=1S/C20H18N4O2/c1-24-16-11-22-18(23-20(25)12-7-8-12)9-14(16)15(10-21)19(24)13-5-3-4-6-17(13)26-2/h3-6,9,11-12H,7-8H2,1-2H3,(H,22,23,25). The Morgan fingerprint density at radius 2 is 2.15 bits per heavy atom. The molecule has 130 valence electrons. The molecule has 1 amide bonds.